The molecule has 1 N–H and O–H groups in total. The molecule has 0 bridgehead atoms. The molecule has 29 heavy (non-hydrogen) atoms. The van der Waals surface area contributed by atoms with Gasteiger partial charge >= 0.3 is 0 Å². The molecule has 2 fully saturated rings. The first-order chi connectivity index (χ1) is 14.0. The van der Waals surface area contributed by atoms with Crippen molar-refractivity contribution < 1.29 is 9.53 Å². The fourth-order valence-corrected chi connectivity index (χ4v) is 5.06. The minimum absolute atomic E-state index is 0.0296. The van der Waals surface area contributed by atoms with E-state index in [2.05, 4.69) is 17.5 Å². The predicted octanol–water partition coefficient (Wildman–Crippen LogP) is 5.85. The minimum Gasteiger partial charge on any atom is -0.488 e. The smallest absolute Gasteiger partial charge is 0.244 e. The van der Waals surface area contributed by atoms with Crippen molar-refractivity contribution in [2.75, 3.05) is 0 Å². The highest BCUT2D eigenvalue weighted by Gasteiger charge is 2.64. The quantitative estimate of drug-likeness (QED) is 0.461. The standard InChI is InChI=1S/C23H24Cl2N2O2/c1-23-11-5-4-7-18(23)21(23)22(28)27-26-13-15-6-2-3-8-20(15)29-14-16-9-10-17(24)12-19(16)25/h2-3,6,8-10,12-13,18,21H,4-5,7,11,14H2,1H3,(H,27,28)/b26-13+. The van der Waals surface area contributed by atoms with E-state index in [0.717, 1.165) is 24.0 Å². The van der Waals surface area contributed by atoms with Crippen LogP contribution in [0.5, 0.6) is 5.75 Å². The zero-order valence-electron chi connectivity index (χ0n) is 16.3. The van der Waals surface area contributed by atoms with Gasteiger partial charge in [0.2, 0.25) is 5.91 Å². The van der Waals surface area contributed by atoms with E-state index in [-0.39, 0.29) is 17.2 Å². The lowest BCUT2D eigenvalue weighted by atomic mass is 9.90. The van der Waals surface area contributed by atoms with Crippen LogP contribution in [0.15, 0.2) is 47.6 Å². The van der Waals surface area contributed by atoms with E-state index in [1.54, 1.807) is 18.3 Å². The molecule has 2 aromatic rings. The van der Waals surface area contributed by atoms with Gasteiger partial charge in [-0.2, -0.15) is 5.10 Å². The van der Waals surface area contributed by atoms with Crippen molar-refractivity contribution in [2.24, 2.45) is 22.4 Å². The molecule has 3 unspecified atom stereocenters. The lowest BCUT2D eigenvalue weighted by molar-refractivity contribution is -0.123. The Bertz CT molecular complexity index is 946. The Labute approximate surface area is 181 Å². The third kappa shape index (κ3) is 4.29. The van der Waals surface area contributed by atoms with Crippen molar-refractivity contribution in [1.82, 2.24) is 5.43 Å². The molecule has 0 heterocycles. The van der Waals surface area contributed by atoms with E-state index < -0.39 is 0 Å². The summed E-state index contributed by atoms with van der Waals surface area (Å²) in [6, 6.07) is 12.9. The fraction of sp³-hybridized carbons (Fsp3) is 0.391. The van der Waals surface area contributed by atoms with Gasteiger partial charge < -0.3 is 4.74 Å². The Morgan fingerprint density at radius 1 is 1.28 bits per heavy atom. The van der Waals surface area contributed by atoms with Crippen LogP contribution in [0.1, 0.15) is 43.7 Å². The fourth-order valence-electron chi connectivity index (χ4n) is 4.60. The maximum absolute atomic E-state index is 12.5. The third-order valence-electron chi connectivity index (χ3n) is 6.31. The molecule has 0 spiro atoms. The van der Waals surface area contributed by atoms with Crippen molar-refractivity contribution >= 4 is 35.3 Å². The van der Waals surface area contributed by atoms with Crippen LogP contribution in [0.2, 0.25) is 10.0 Å². The average molecular weight is 431 g/mol. The van der Waals surface area contributed by atoms with E-state index in [1.165, 1.54) is 12.8 Å². The molecule has 4 nitrogen and oxygen atoms in total. The summed E-state index contributed by atoms with van der Waals surface area (Å²) in [6.07, 6.45) is 6.38. The number of nitrogens with one attached hydrogen (secondary N) is 1. The number of halogens is 2. The molecule has 1 amide bonds. The minimum atomic E-state index is 0.0296. The number of carbonyl (C=O) groups is 1. The topological polar surface area (TPSA) is 50.7 Å². The van der Waals surface area contributed by atoms with Crippen LogP contribution in [0.25, 0.3) is 0 Å². The molecule has 0 aromatic heterocycles. The van der Waals surface area contributed by atoms with Crippen molar-refractivity contribution in [3.05, 3.63) is 63.6 Å². The van der Waals surface area contributed by atoms with Crippen LogP contribution in [0, 0.1) is 17.3 Å². The van der Waals surface area contributed by atoms with Gasteiger partial charge in [0.1, 0.15) is 12.4 Å². The number of nitrogens with zero attached hydrogens (tertiary/aromatic N) is 1. The predicted molar refractivity (Wildman–Crippen MR) is 117 cm³/mol. The average Bonchev–Trinajstić information content (AvgIpc) is 3.33. The molecule has 2 aliphatic carbocycles. The number of amides is 1. The summed E-state index contributed by atoms with van der Waals surface area (Å²) in [4.78, 5) is 12.5. The number of para-hydroxylation sites is 1. The Kier molecular flexibility index (Phi) is 5.84. The lowest BCUT2D eigenvalue weighted by Crippen LogP contribution is -2.22. The van der Waals surface area contributed by atoms with E-state index in [1.807, 2.05) is 30.3 Å². The van der Waals surface area contributed by atoms with Gasteiger partial charge in [-0.15, -0.1) is 0 Å². The molecule has 0 radical (unpaired) electrons. The van der Waals surface area contributed by atoms with Crippen LogP contribution < -0.4 is 10.2 Å². The highest BCUT2D eigenvalue weighted by Crippen LogP contribution is 2.66. The van der Waals surface area contributed by atoms with Gasteiger partial charge in [0.25, 0.3) is 0 Å². The van der Waals surface area contributed by atoms with E-state index >= 15 is 0 Å². The molecule has 2 aliphatic rings. The van der Waals surface area contributed by atoms with Crippen molar-refractivity contribution in [3.8, 4) is 5.75 Å². The summed E-state index contributed by atoms with van der Waals surface area (Å²) in [5, 5.41) is 5.34. The van der Waals surface area contributed by atoms with Crippen LogP contribution in [0.3, 0.4) is 0 Å². The summed E-state index contributed by atoms with van der Waals surface area (Å²) in [7, 11) is 0. The summed E-state index contributed by atoms with van der Waals surface area (Å²) in [6.45, 7) is 2.55. The number of fused-ring (bicyclic) bond motifs is 1. The Hall–Kier alpha value is -2.04. The first kappa shape index (κ1) is 20.2. The number of hydrogen-bond donors (Lipinski definition) is 1. The summed E-state index contributed by atoms with van der Waals surface area (Å²) >= 11 is 12.2. The SMILES string of the molecule is CC12CCCCC1C2C(=O)N/N=C/c1ccccc1OCc1ccc(Cl)cc1Cl. The normalized spacial score (nSPS) is 25.5. The first-order valence-corrected chi connectivity index (χ1v) is 10.7. The van der Waals surface area contributed by atoms with Gasteiger partial charge in [-0.05, 0) is 48.4 Å². The maximum atomic E-state index is 12.5. The van der Waals surface area contributed by atoms with Crippen molar-refractivity contribution in [2.45, 2.75) is 39.2 Å². The van der Waals surface area contributed by atoms with E-state index in [9.17, 15) is 4.79 Å². The maximum Gasteiger partial charge on any atom is 0.244 e. The second-order valence-corrected chi connectivity index (χ2v) is 8.98. The number of benzene rings is 2. The van der Waals surface area contributed by atoms with Crippen LogP contribution in [0.4, 0.5) is 0 Å². The molecule has 6 heteroatoms. The Morgan fingerprint density at radius 2 is 2.10 bits per heavy atom. The molecule has 4 rings (SSSR count). The van der Waals surface area contributed by atoms with Gasteiger partial charge in [-0.25, -0.2) is 5.43 Å². The zero-order valence-corrected chi connectivity index (χ0v) is 17.8. The highest BCUT2D eigenvalue weighted by molar-refractivity contribution is 6.35. The van der Waals surface area contributed by atoms with Gasteiger partial charge in [0.15, 0.2) is 0 Å². The van der Waals surface area contributed by atoms with Gasteiger partial charge in [-0.1, -0.05) is 61.2 Å². The van der Waals surface area contributed by atoms with Crippen LogP contribution in [-0.4, -0.2) is 12.1 Å². The molecule has 3 atom stereocenters. The number of rotatable bonds is 6. The molecule has 2 aromatic carbocycles. The molecule has 2 saturated carbocycles. The van der Waals surface area contributed by atoms with Crippen LogP contribution >= 0.6 is 23.2 Å². The second-order valence-electron chi connectivity index (χ2n) is 8.13. The molecule has 0 aliphatic heterocycles. The van der Waals surface area contributed by atoms with Gasteiger partial charge in [0.05, 0.1) is 6.21 Å². The van der Waals surface area contributed by atoms with Crippen molar-refractivity contribution in [3.63, 3.8) is 0 Å². The zero-order chi connectivity index (χ0) is 20.4. The van der Waals surface area contributed by atoms with E-state index in [4.69, 9.17) is 27.9 Å². The van der Waals surface area contributed by atoms with E-state index in [0.29, 0.717) is 28.3 Å². The van der Waals surface area contributed by atoms with Crippen molar-refractivity contribution in [1.29, 1.82) is 0 Å². The number of ether oxygens (including phenoxy) is 1. The molecule has 0 saturated heterocycles. The molecular weight excluding hydrogens is 407 g/mol. The summed E-state index contributed by atoms with van der Waals surface area (Å²) < 4.78 is 5.92. The second kappa shape index (κ2) is 8.37. The number of hydrazone groups is 1. The monoisotopic (exact) mass is 430 g/mol. The van der Waals surface area contributed by atoms with Gasteiger partial charge in [-0.3, -0.25) is 4.79 Å². The highest BCUT2D eigenvalue weighted by atomic mass is 35.5. The third-order valence-corrected chi connectivity index (χ3v) is 6.90. The summed E-state index contributed by atoms with van der Waals surface area (Å²) in [5.41, 5.74) is 4.54. The molecular formula is C23H24Cl2N2O2. The molecule has 152 valence electrons. The van der Waals surface area contributed by atoms with Gasteiger partial charge in [0, 0.05) is 27.1 Å². The largest absolute Gasteiger partial charge is 0.488 e. The Balaban J connectivity index is 1.37. The summed E-state index contributed by atoms with van der Waals surface area (Å²) in [5.74, 6) is 1.32. The van der Waals surface area contributed by atoms with Crippen LogP contribution in [-0.2, 0) is 11.4 Å². The number of hydrogen-bond acceptors (Lipinski definition) is 3. The number of carbonyl (C=O) groups excluding carboxylic acids is 1. The first-order valence-electron chi connectivity index (χ1n) is 9.98. The lowest BCUT2D eigenvalue weighted by Gasteiger charge is -2.15. The Morgan fingerprint density at radius 3 is 2.86 bits per heavy atom.